The lowest BCUT2D eigenvalue weighted by Crippen LogP contribution is -2.26. The molecule has 15 heavy (non-hydrogen) atoms. The number of hydrogen-bond donors (Lipinski definition) is 0. The Bertz CT molecular complexity index is 445. The van der Waals surface area contributed by atoms with E-state index in [1.165, 1.54) is 5.56 Å². The van der Waals surface area contributed by atoms with Crippen LogP contribution in [0.15, 0.2) is 19.5 Å². The SMILES string of the molecule is CC(=O)N1CCc2cc(Br)c(Br)c(Br)c21. The van der Waals surface area contributed by atoms with Gasteiger partial charge in [0.2, 0.25) is 5.91 Å². The van der Waals surface area contributed by atoms with Crippen molar-refractivity contribution < 1.29 is 4.79 Å². The van der Waals surface area contributed by atoms with Crippen LogP contribution in [0, 0.1) is 0 Å². The zero-order valence-electron chi connectivity index (χ0n) is 7.98. The molecule has 0 radical (unpaired) electrons. The molecule has 0 unspecified atom stereocenters. The third kappa shape index (κ3) is 1.89. The Morgan fingerprint density at radius 1 is 1.33 bits per heavy atom. The van der Waals surface area contributed by atoms with Gasteiger partial charge in [-0.15, -0.1) is 0 Å². The summed E-state index contributed by atoms with van der Waals surface area (Å²) in [6.07, 6.45) is 0.916. The van der Waals surface area contributed by atoms with E-state index >= 15 is 0 Å². The van der Waals surface area contributed by atoms with Crippen LogP contribution in [0.4, 0.5) is 5.69 Å². The van der Waals surface area contributed by atoms with Gasteiger partial charge in [0.05, 0.1) is 10.2 Å². The second-order valence-electron chi connectivity index (χ2n) is 3.41. The molecule has 1 amide bonds. The summed E-state index contributed by atoms with van der Waals surface area (Å²) in [6.45, 7) is 2.36. The molecule has 0 spiro atoms. The fraction of sp³-hybridized carbons (Fsp3) is 0.300. The highest BCUT2D eigenvalue weighted by atomic mass is 79.9. The van der Waals surface area contributed by atoms with Crippen molar-refractivity contribution in [2.45, 2.75) is 13.3 Å². The van der Waals surface area contributed by atoms with E-state index in [1.54, 1.807) is 11.8 Å². The molecule has 0 N–H and O–H groups in total. The first kappa shape index (κ1) is 11.6. The van der Waals surface area contributed by atoms with Crippen molar-refractivity contribution in [2.75, 3.05) is 11.4 Å². The molecule has 0 bridgehead atoms. The molecule has 5 heteroatoms. The summed E-state index contributed by atoms with van der Waals surface area (Å²) in [7, 11) is 0. The maximum absolute atomic E-state index is 11.4. The Labute approximate surface area is 113 Å². The van der Waals surface area contributed by atoms with Gasteiger partial charge >= 0.3 is 0 Å². The molecule has 80 valence electrons. The maximum atomic E-state index is 11.4. The molecule has 0 aromatic heterocycles. The molecule has 0 aliphatic carbocycles. The van der Waals surface area contributed by atoms with Crippen molar-refractivity contribution >= 4 is 59.4 Å². The van der Waals surface area contributed by atoms with E-state index in [-0.39, 0.29) is 5.91 Å². The number of carbonyl (C=O) groups is 1. The Morgan fingerprint density at radius 3 is 2.60 bits per heavy atom. The average molecular weight is 398 g/mol. The number of rotatable bonds is 0. The highest BCUT2D eigenvalue weighted by Crippen LogP contribution is 2.43. The van der Waals surface area contributed by atoms with Crippen LogP contribution in [0.3, 0.4) is 0 Å². The molecule has 0 atom stereocenters. The maximum Gasteiger partial charge on any atom is 0.223 e. The Kier molecular flexibility index (Phi) is 3.24. The van der Waals surface area contributed by atoms with Gasteiger partial charge in [0, 0.05) is 22.4 Å². The topological polar surface area (TPSA) is 20.3 Å². The monoisotopic (exact) mass is 395 g/mol. The summed E-state index contributed by atoms with van der Waals surface area (Å²) in [5, 5.41) is 0. The number of halogens is 3. The van der Waals surface area contributed by atoms with Gasteiger partial charge in [-0.25, -0.2) is 0 Å². The summed E-state index contributed by atoms with van der Waals surface area (Å²) in [6, 6.07) is 2.06. The van der Waals surface area contributed by atoms with Crippen molar-refractivity contribution in [3.05, 3.63) is 25.0 Å². The molecule has 2 rings (SSSR count). The summed E-state index contributed by atoms with van der Waals surface area (Å²) >= 11 is 10.5. The van der Waals surface area contributed by atoms with Crippen molar-refractivity contribution in [3.63, 3.8) is 0 Å². The Morgan fingerprint density at radius 2 is 2.00 bits per heavy atom. The van der Waals surface area contributed by atoms with Gasteiger partial charge in [-0.1, -0.05) is 0 Å². The van der Waals surface area contributed by atoms with E-state index in [4.69, 9.17) is 0 Å². The fourth-order valence-electron chi connectivity index (χ4n) is 1.78. The number of nitrogens with zero attached hydrogens (tertiary/aromatic N) is 1. The van der Waals surface area contributed by atoms with Crippen LogP contribution in [-0.2, 0) is 11.2 Å². The lowest BCUT2D eigenvalue weighted by molar-refractivity contribution is -0.116. The lowest BCUT2D eigenvalue weighted by Gasteiger charge is -2.17. The summed E-state index contributed by atoms with van der Waals surface area (Å²) in [4.78, 5) is 13.2. The predicted molar refractivity (Wildman–Crippen MR) is 71.3 cm³/mol. The molecule has 1 aliphatic rings. The van der Waals surface area contributed by atoms with E-state index in [2.05, 4.69) is 53.9 Å². The van der Waals surface area contributed by atoms with Crippen LogP contribution in [0.5, 0.6) is 0 Å². The highest BCUT2D eigenvalue weighted by molar-refractivity contribution is 9.14. The van der Waals surface area contributed by atoms with Crippen LogP contribution in [0.2, 0.25) is 0 Å². The number of hydrogen-bond acceptors (Lipinski definition) is 1. The third-order valence-corrected chi connectivity index (χ3v) is 5.76. The second kappa shape index (κ2) is 4.18. The molecule has 1 aromatic carbocycles. The summed E-state index contributed by atoms with van der Waals surface area (Å²) < 4.78 is 2.91. The van der Waals surface area contributed by atoms with Gasteiger partial charge in [0.25, 0.3) is 0 Å². The van der Waals surface area contributed by atoms with Crippen LogP contribution in [0.25, 0.3) is 0 Å². The summed E-state index contributed by atoms with van der Waals surface area (Å²) in [5.41, 5.74) is 2.20. The normalized spacial score (nSPS) is 14.3. The predicted octanol–water partition coefficient (Wildman–Crippen LogP) is 3.88. The smallest absolute Gasteiger partial charge is 0.223 e. The zero-order valence-corrected chi connectivity index (χ0v) is 12.7. The average Bonchev–Trinajstić information content (AvgIpc) is 2.58. The number of anilines is 1. The first-order chi connectivity index (χ1) is 7.02. The number of benzene rings is 1. The molecule has 1 aromatic rings. The van der Waals surface area contributed by atoms with Gasteiger partial charge in [-0.2, -0.15) is 0 Å². The summed E-state index contributed by atoms with van der Waals surface area (Å²) in [5.74, 6) is 0.0867. The van der Waals surface area contributed by atoms with E-state index in [0.29, 0.717) is 0 Å². The Balaban J connectivity index is 2.62. The standard InChI is InChI=1S/C10H8Br3NO/c1-5(15)14-3-2-6-4-7(11)8(12)9(13)10(6)14/h4H,2-3H2,1H3. The third-order valence-electron chi connectivity index (χ3n) is 2.47. The van der Waals surface area contributed by atoms with Crippen LogP contribution in [0.1, 0.15) is 12.5 Å². The van der Waals surface area contributed by atoms with Gasteiger partial charge in [0.15, 0.2) is 0 Å². The van der Waals surface area contributed by atoms with Gasteiger partial charge < -0.3 is 4.90 Å². The van der Waals surface area contributed by atoms with Crippen molar-refractivity contribution in [3.8, 4) is 0 Å². The number of fused-ring (bicyclic) bond motifs is 1. The molecule has 2 nitrogen and oxygen atoms in total. The van der Waals surface area contributed by atoms with Crippen molar-refractivity contribution in [1.82, 2.24) is 0 Å². The van der Waals surface area contributed by atoms with Crippen LogP contribution in [-0.4, -0.2) is 12.5 Å². The van der Waals surface area contributed by atoms with Gasteiger partial charge in [-0.3, -0.25) is 4.79 Å². The second-order valence-corrected chi connectivity index (χ2v) is 5.86. The molecular formula is C10H8Br3NO. The minimum atomic E-state index is 0.0867. The molecule has 1 aliphatic heterocycles. The molecular weight excluding hydrogens is 390 g/mol. The zero-order chi connectivity index (χ0) is 11.2. The van der Waals surface area contributed by atoms with E-state index in [0.717, 1.165) is 32.1 Å². The first-order valence-corrected chi connectivity index (χ1v) is 6.84. The van der Waals surface area contributed by atoms with E-state index in [1.807, 2.05) is 0 Å². The van der Waals surface area contributed by atoms with Crippen molar-refractivity contribution in [2.24, 2.45) is 0 Å². The number of amides is 1. The van der Waals surface area contributed by atoms with E-state index < -0.39 is 0 Å². The minimum Gasteiger partial charge on any atom is -0.311 e. The molecule has 1 heterocycles. The minimum absolute atomic E-state index is 0.0867. The molecule has 0 saturated heterocycles. The van der Waals surface area contributed by atoms with Gasteiger partial charge in [-0.05, 0) is 65.8 Å². The highest BCUT2D eigenvalue weighted by Gasteiger charge is 2.26. The van der Waals surface area contributed by atoms with Crippen LogP contribution >= 0.6 is 47.8 Å². The Hall–Kier alpha value is 0.130. The molecule has 0 saturated carbocycles. The number of carbonyl (C=O) groups excluding carboxylic acids is 1. The van der Waals surface area contributed by atoms with Crippen LogP contribution < -0.4 is 4.90 Å². The van der Waals surface area contributed by atoms with E-state index in [9.17, 15) is 4.79 Å². The fourth-order valence-corrected chi connectivity index (χ4v) is 3.50. The van der Waals surface area contributed by atoms with Gasteiger partial charge in [0.1, 0.15) is 0 Å². The quantitative estimate of drug-likeness (QED) is 0.608. The molecule has 0 fully saturated rings. The largest absolute Gasteiger partial charge is 0.311 e. The first-order valence-electron chi connectivity index (χ1n) is 4.47. The lowest BCUT2D eigenvalue weighted by atomic mass is 10.2. The van der Waals surface area contributed by atoms with Crippen molar-refractivity contribution in [1.29, 1.82) is 0 Å².